The van der Waals surface area contributed by atoms with Gasteiger partial charge in [-0.1, -0.05) is 6.07 Å². The molecule has 1 N–H and O–H groups in total. The molecule has 0 fully saturated rings. The minimum atomic E-state index is -3.70. The highest BCUT2D eigenvalue weighted by atomic mass is 32.2. The lowest BCUT2D eigenvalue weighted by molar-refractivity contribution is 0.576. The zero-order chi connectivity index (χ0) is 13.9. The van der Waals surface area contributed by atoms with E-state index in [1.165, 1.54) is 29.2 Å². The summed E-state index contributed by atoms with van der Waals surface area (Å²) in [4.78, 5) is 3.88. The number of nitrogens with zero attached hydrogens (tertiary/aromatic N) is 3. The predicted octanol–water partition coefficient (Wildman–Crippen LogP) is 0.475. The minimum Gasteiger partial charge on any atom is -0.256 e. The number of rotatable bonds is 5. The van der Waals surface area contributed by atoms with Crippen LogP contribution in [0.2, 0.25) is 0 Å². The summed E-state index contributed by atoms with van der Waals surface area (Å²) in [5.41, 5.74) is 0. The summed E-state index contributed by atoms with van der Waals surface area (Å²) in [6, 6.07) is 4.85. The van der Waals surface area contributed by atoms with Gasteiger partial charge in [0, 0.05) is 20.0 Å². The molecule has 0 spiro atoms. The van der Waals surface area contributed by atoms with Gasteiger partial charge >= 0.3 is 0 Å². The van der Waals surface area contributed by atoms with Crippen LogP contribution in [0.4, 0.5) is 4.39 Å². The molecule has 0 saturated carbocycles. The van der Waals surface area contributed by atoms with Crippen molar-refractivity contribution in [2.45, 2.75) is 11.3 Å². The molecule has 1 aromatic carbocycles. The Labute approximate surface area is 110 Å². The highest BCUT2D eigenvalue weighted by Gasteiger charge is 2.14. The molecule has 102 valence electrons. The van der Waals surface area contributed by atoms with E-state index in [2.05, 4.69) is 14.8 Å². The number of halogens is 1. The maximum atomic E-state index is 13.0. The van der Waals surface area contributed by atoms with Gasteiger partial charge in [-0.3, -0.25) is 4.68 Å². The quantitative estimate of drug-likeness (QED) is 0.866. The van der Waals surface area contributed by atoms with Gasteiger partial charge in [-0.05, 0) is 18.2 Å². The molecule has 8 heteroatoms. The number of hydrogen-bond acceptors (Lipinski definition) is 4. The minimum absolute atomic E-state index is 0.0959. The molecular formula is C11H13FN4O2S. The van der Waals surface area contributed by atoms with Crippen LogP contribution >= 0.6 is 0 Å². The maximum absolute atomic E-state index is 13.0. The largest absolute Gasteiger partial charge is 0.256 e. The van der Waals surface area contributed by atoms with Crippen molar-refractivity contribution in [1.82, 2.24) is 19.5 Å². The molecule has 0 bridgehead atoms. The van der Waals surface area contributed by atoms with Crippen molar-refractivity contribution in [1.29, 1.82) is 0 Å². The Hall–Kier alpha value is -1.80. The molecular weight excluding hydrogens is 271 g/mol. The normalized spacial score (nSPS) is 11.7. The summed E-state index contributed by atoms with van der Waals surface area (Å²) in [6.07, 6.45) is 1.91. The Balaban J connectivity index is 1.98. The number of benzene rings is 1. The number of aromatic nitrogens is 3. The summed E-state index contributed by atoms with van der Waals surface area (Å²) < 4.78 is 40.6. The van der Waals surface area contributed by atoms with Gasteiger partial charge in [-0.25, -0.2) is 22.5 Å². The molecule has 2 aromatic rings. The second-order valence-corrected chi connectivity index (χ2v) is 5.71. The Kier molecular flexibility index (Phi) is 3.91. The van der Waals surface area contributed by atoms with Crippen LogP contribution < -0.4 is 4.72 Å². The van der Waals surface area contributed by atoms with Crippen molar-refractivity contribution < 1.29 is 12.8 Å². The lowest BCUT2D eigenvalue weighted by Gasteiger charge is -2.05. The van der Waals surface area contributed by atoms with Gasteiger partial charge in [0.1, 0.15) is 12.1 Å². The molecule has 0 atom stereocenters. The molecule has 1 heterocycles. The Morgan fingerprint density at radius 1 is 1.42 bits per heavy atom. The second-order valence-electron chi connectivity index (χ2n) is 3.94. The van der Waals surface area contributed by atoms with Gasteiger partial charge in [0.15, 0.2) is 5.82 Å². The molecule has 0 amide bonds. The SMILES string of the molecule is Cn1cnc(CCNS(=O)(=O)c2cccc(F)c2)n1. The van der Waals surface area contributed by atoms with Gasteiger partial charge < -0.3 is 0 Å². The van der Waals surface area contributed by atoms with E-state index in [0.717, 1.165) is 6.07 Å². The maximum Gasteiger partial charge on any atom is 0.240 e. The first-order valence-corrected chi connectivity index (χ1v) is 7.05. The average Bonchev–Trinajstić information content (AvgIpc) is 2.75. The summed E-state index contributed by atoms with van der Waals surface area (Å²) in [5, 5.41) is 4.03. The topological polar surface area (TPSA) is 76.9 Å². The summed E-state index contributed by atoms with van der Waals surface area (Å²) in [5.74, 6) is -0.0429. The van der Waals surface area contributed by atoms with E-state index in [-0.39, 0.29) is 11.4 Å². The first-order chi connectivity index (χ1) is 8.97. The zero-order valence-electron chi connectivity index (χ0n) is 10.2. The summed E-state index contributed by atoms with van der Waals surface area (Å²) >= 11 is 0. The van der Waals surface area contributed by atoms with Gasteiger partial charge in [0.05, 0.1) is 4.90 Å². The van der Waals surface area contributed by atoms with Crippen LogP contribution in [-0.2, 0) is 23.5 Å². The monoisotopic (exact) mass is 284 g/mol. The van der Waals surface area contributed by atoms with Gasteiger partial charge in [0.2, 0.25) is 10.0 Å². The lowest BCUT2D eigenvalue weighted by Crippen LogP contribution is -2.26. The number of sulfonamides is 1. The molecule has 0 aliphatic heterocycles. The van der Waals surface area contributed by atoms with Gasteiger partial charge in [-0.15, -0.1) is 0 Å². The van der Waals surface area contributed by atoms with Gasteiger partial charge in [-0.2, -0.15) is 5.10 Å². The molecule has 1 aromatic heterocycles. The van der Waals surface area contributed by atoms with Crippen molar-refractivity contribution in [3.05, 3.63) is 42.2 Å². The van der Waals surface area contributed by atoms with Crippen LogP contribution in [0.15, 0.2) is 35.5 Å². The van der Waals surface area contributed by atoms with Crippen molar-refractivity contribution in [3.63, 3.8) is 0 Å². The molecule has 0 saturated heterocycles. The molecule has 2 rings (SSSR count). The van der Waals surface area contributed by atoms with Gasteiger partial charge in [0.25, 0.3) is 0 Å². The van der Waals surface area contributed by atoms with Crippen molar-refractivity contribution >= 4 is 10.0 Å². The predicted molar refractivity (Wildman–Crippen MR) is 66.3 cm³/mol. The fraction of sp³-hybridized carbons (Fsp3) is 0.273. The summed E-state index contributed by atoms with van der Waals surface area (Å²) in [6.45, 7) is 0.156. The third kappa shape index (κ3) is 3.58. The van der Waals surface area contributed by atoms with E-state index in [0.29, 0.717) is 12.2 Å². The molecule has 0 aliphatic carbocycles. The third-order valence-corrected chi connectivity index (χ3v) is 3.85. The van der Waals surface area contributed by atoms with Crippen LogP contribution in [0.5, 0.6) is 0 Å². The smallest absolute Gasteiger partial charge is 0.240 e. The van der Waals surface area contributed by atoms with Crippen LogP contribution in [0.1, 0.15) is 5.82 Å². The standard InChI is InChI=1S/C11H13FN4O2S/c1-16-8-13-11(15-16)5-6-14-19(17,18)10-4-2-3-9(12)7-10/h2-4,7-8,14H,5-6H2,1H3. The van der Waals surface area contributed by atoms with Crippen molar-refractivity contribution in [3.8, 4) is 0 Å². The molecule has 0 radical (unpaired) electrons. The lowest BCUT2D eigenvalue weighted by atomic mass is 10.4. The van der Waals surface area contributed by atoms with E-state index in [1.807, 2.05) is 0 Å². The molecule has 0 unspecified atom stereocenters. The fourth-order valence-electron chi connectivity index (χ4n) is 1.51. The highest BCUT2D eigenvalue weighted by molar-refractivity contribution is 7.89. The van der Waals surface area contributed by atoms with E-state index in [4.69, 9.17) is 0 Å². The van der Waals surface area contributed by atoms with Crippen molar-refractivity contribution in [2.24, 2.45) is 7.05 Å². The number of aryl methyl sites for hydroxylation is 1. The first kappa shape index (κ1) is 13.6. The Bertz CT molecular complexity index is 669. The van der Waals surface area contributed by atoms with Crippen molar-refractivity contribution in [2.75, 3.05) is 6.54 Å². The fourth-order valence-corrected chi connectivity index (χ4v) is 2.58. The third-order valence-electron chi connectivity index (χ3n) is 2.39. The summed E-state index contributed by atoms with van der Waals surface area (Å²) in [7, 11) is -1.97. The average molecular weight is 284 g/mol. The van der Waals surface area contributed by atoms with E-state index in [1.54, 1.807) is 7.05 Å². The second kappa shape index (κ2) is 5.45. The van der Waals surface area contributed by atoms with Crippen LogP contribution in [0, 0.1) is 5.82 Å². The number of hydrogen-bond donors (Lipinski definition) is 1. The van der Waals surface area contributed by atoms with E-state index in [9.17, 15) is 12.8 Å². The van der Waals surface area contributed by atoms with Crippen LogP contribution in [0.3, 0.4) is 0 Å². The Morgan fingerprint density at radius 2 is 2.21 bits per heavy atom. The van der Waals surface area contributed by atoms with Crippen LogP contribution in [-0.4, -0.2) is 29.7 Å². The first-order valence-electron chi connectivity index (χ1n) is 5.57. The molecule has 0 aliphatic rings. The van der Waals surface area contributed by atoms with Crippen LogP contribution in [0.25, 0.3) is 0 Å². The Morgan fingerprint density at radius 3 is 2.84 bits per heavy atom. The highest BCUT2D eigenvalue weighted by Crippen LogP contribution is 2.09. The molecule has 6 nitrogen and oxygen atoms in total. The van der Waals surface area contributed by atoms with E-state index < -0.39 is 15.8 Å². The molecule has 19 heavy (non-hydrogen) atoms. The number of nitrogens with one attached hydrogen (secondary N) is 1. The van der Waals surface area contributed by atoms with E-state index >= 15 is 0 Å². The zero-order valence-corrected chi connectivity index (χ0v) is 11.1.